The van der Waals surface area contributed by atoms with Gasteiger partial charge in [-0.25, -0.2) is 9.66 Å². The molecule has 4 rings (SSSR count). The van der Waals surface area contributed by atoms with Crippen LogP contribution in [0.15, 0.2) is 48.9 Å². The van der Waals surface area contributed by atoms with Crippen molar-refractivity contribution in [3.05, 3.63) is 65.3 Å². The van der Waals surface area contributed by atoms with Crippen LogP contribution in [0.5, 0.6) is 0 Å². The van der Waals surface area contributed by atoms with Crippen molar-refractivity contribution >= 4 is 28.3 Å². The van der Waals surface area contributed by atoms with Crippen LogP contribution in [0.3, 0.4) is 0 Å². The SMILES string of the molecule is C=C1N(Cc2nc3cc(Cl)ccc3n2N)c2cnccc2C1(CC)CCC. The zero-order chi connectivity index (χ0) is 19.2. The zero-order valence-corrected chi connectivity index (χ0v) is 16.5. The van der Waals surface area contributed by atoms with E-state index in [-0.39, 0.29) is 5.41 Å². The van der Waals surface area contributed by atoms with E-state index >= 15 is 0 Å². The minimum atomic E-state index is -0.0538. The van der Waals surface area contributed by atoms with Crippen molar-refractivity contribution < 1.29 is 0 Å². The molecule has 0 saturated carbocycles. The Hall–Kier alpha value is -2.53. The minimum Gasteiger partial charge on any atom is -0.337 e. The topological polar surface area (TPSA) is 60.0 Å². The van der Waals surface area contributed by atoms with E-state index in [1.54, 1.807) is 4.68 Å². The molecule has 1 aliphatic heterocycles. The van der Waals surface area contributed by atoms with Gasteiger partial charge in [0.1, 0.15) is 5.82 Å². The largest absolute Gasteiger partial charge is 0.337 e. The Morgan fingerprint density at radius 3 is 2.81 bits per heavy atom. The Kier molecular flexibility index (Phi) is 4.35. The summed E-state index contributed by atoms with van der Waals surface area (Å²) in [5.74, 6) is 7.10. The molecule has 1 aliphatic rings. The van der Waals surface area contributed by atoms with Crippen molar-refractivity contribution in [2.45, 2.75) is 45.1 Å². The molecule has 27 heavy (non-hydrogen) atoms. The van der Waals surface area contributed by atoms with Gasteiger partial charge in [-0.05, 0) is 42.7 Å². The summed E-state index contributed by atoms with van der Waals surface area (Å²) in [6.45, 7) is 9.48. The van der Waals surface area contributed by atoms with Gasteiger partial charge in [-0.2, -0.15) is 0 Å². The lowest BCUT2D eigenvalue weighted by molar-refractivity contribution is 0.448. The van der Waals surface area contributed by atoms with Crippen molar-refractivity contribution in [3.8, 4) is 0 Å². The van der Waals surface area contributed by atoms with Gasteiger partial charge in [0, 0.05) is 22.3 Å². The third-order valence-corrected chi connectivity index (χ3v) is 6.02. The molecule has 6 heteroatoms. The Labute approximate surface area is 164 Å². The van der Waals surface area contributed by atoms with Crippen LogP contribution < -0.4 is 10.7 Å². The van der Waals surface area contributed by atoms with E-state index in [1.165, 1.54) is 5.56 Å². The summed E-state index contributed by atoms with van der Waals surface area (Å²) < 4.78 is 1.64. The highest BCUT2D eigenvalue weighted by Gasteiger charge is 2.44. The van der Waals surface area contributed by atoms with E-state index in [9.17, 15) is 0 Å². The molecule has 0 saturated heterocycles. The number of hydrogen-bond donors (Lipinski definition) is 1. The molecule has 0 radical (unpaired) electrons. The van der Waals surface area contributed by atoms with Gasteiger partial charge < -0.3 is 10.7 Å². The second-order valence-electron chi connectivity index (χ2n) is 7.14. The fourth-order valence-electron chi connectivity index (χ4n) is 4.40. The highest BCUT2D eigenvalue weighted by molar-refractivity contribution is 6.31. The number of nitrogens with zero attached hydrogens (tertiary/aromatic N) is 4. The highest BCUT2D eigenvalue weighted by atomic mass is 35.5. The molecule has 3 aromatic rings. The smallest absolute Gasteiger partial charge is 0.148 e. The summed E-state index contributed by atoms with van der Waals surface area (Å²) in [7, 11) is 0. The summed E-state index contributed by atoms with van der Waals surface area (Å²) in [6, 6.07) is 7.70. The molecule has 5 nitrogen and oxygen atoms in total. The molecule has 140 valence electrons. The second kappa shape index (κ2) is 6.57. The Balaban J connectivity index is 1.79. The predicted molar refractivity (Wildman–Crippen MR) is 111 cm³/mol. The number of fused-ring (bicyclic) bond motifs is 2. The lowest BCUT2D eigenvalue weighted by atomic mass is 9.74. The summed E-state index contributed by atoms with van der Waals surface area (Å²) in [6.07, 6.45) is 6.95. The summed E-state index contributed by atoms with van der Waals surface area (Å²) in [4.78, 5) is 11.3. The number of rotatable bonds is 5. The van der Waals surface area contributed by atoms with Crippen LogP contribution in [0.4, 0.5) is 5.69 Å². The molecule has 1 unspecified atom stereocenters. The summed E-state index contributed by atoms with van der Waals surface area (Å²) >= 11 is 6.11. The molecule has 1 aromatic carbocycles. The number of anilines is 1. The average Bonchev–Trinajstić information content (AvgIpc) is 3.09. The quantitative estimate of drug-likeness (QED) is 0.646. The molecular formula is C21H24ClN5. The van der Waals surface area contributed by atoms with Gasteiger partial charge in [-0.3, -0.25) is 4.98 Å². The van der Waals surface area contributed by atoms with Crippen molar-refractivity contribution in [2.24, 2.45) is 0 Å². The van der Waals surface area contributed by atoms with Crippen LogP contribution in [0.1, 0.15) is 44.5 Å². The summed E-state index contributed by atoms with van der Waals surface area (Å²) in [5, 5.41) is 0.653. The average molecular weight is 382 g/mol. The molecule has 0 bridgehead atoms. The van der Waals surface area contributed by atoms with E-state index in [2.05, 4.69) is 36.4 Å². The van der Waals surface area contributed by atoms with Crippen LogP contribution in [0.2, 0.25) is 5.02 Å². The van der Waals surface area contributed by atoms with E-state index in [0.717, 1.165) is 47.5 Å². The molecule has 1 atom stereocenters. The van der Waals surface area contributed by atoms with E-state index < -0.39 is 0 Å². The van der Waals surface area contributed by atoms with Gasteiger partial charge in [0.2, 0.25) is 0 Å². The van der Waals surface area contributed by atoms with Gasteiger partial charge in [-0.15, -0.1) is 0 Å². The third kappa shape index (κ3) is 2.60. The van der Waals surface area contributed by atoms with E-state index in [1.807, 2.05) is 30.6 Å². The predicted octanol–water partition coefficient (Wildman–Crippen LogP) is 4.78. The van der Waals surface area contributed by atoms with Crippen LogP contribution in [0.25, 0.3) is 11.0 Å². The van der Waals surface area contributed by atoms with Gasteiger partial charge in [0.05, 0.1) is 29.5 Å². The standard InChI is InChI=1S/C21H24ClN5/c1-4-9-21(5-2)14(3)26(19-12-24-10-8-16(19)21)13-20-25-17-11-15(22)6-7-18(17)27(20)23/h6-8,10-12H,3-5,9,13,23H2,1-2H3. The molecule has 2 aromatic heterocycles. The van der Waals surface area contributed by atoms with Crippen molar-refractivity contribution in [2.75, 3.05) is 10.7 Å². The third-order valence-electron chi connectivity index (χ3n) is 5.79. The first kappa shape index (κ1) is 17.9. The first-order chi connectivity index (χ1) is 13.0. The van der Waals surface area contributed by atoms with Crippen molar-refractivity contribution in [1.82, 2.24) is 14.6 Å². The zero-order valence-electron chi connectivity index (χ0n) is 15.7. The number of allylic oxidation sites excluding steroid dienone is 1. The number of benzene rings is 1. The molecule has 3 heterocycles. The maximum atomic E-state index is 6.33. The van der Waals surface area contributed by atoms with Crippen LogP contribution in [0, 0.1) is 0 Å². The van der Waals surface area contributed by atoms with Gasteiger partial charge in [-0.1, -0.05) is 38.4 Å². The number of halogens is 1. The first-order valence-corrected chi connectivity index (χ1v) is 9.73. The number of nitrogens with two attached hydrogens (primary N) is 1. The Morgan fingerprint density at radius 2 is 2.07 bits per heavy atom. The molecule has 2 N–H and O–H groups in total. The Bertz CT molecular complexity index is 1020. The number of pyridine rings is 1. The van der Waals surface area contributed by atoms with Gasteiger partial charge >= 0.3 is 0 Å². The number of imidazole rings is 1. The minimum absolute atomic E-state index is 0.0538. The fraction of sp³-hybridized carbons (Fsp3) is 0.333. The normalized spacial score (nSPS) is 19.1. The first-order valence-electron chi connectivity index (χ1n) is 9.35. The molecule has 0 fully saturated rings. The molecule has 0 spiro atoms. The van der Waals surface area contributed by atoms with Crippen LogP contribution in [-0.2, 0) is 12.0 Å². The maximum absolute atomic E-state index is 6.33. The molecular weight excluding hydrogens is 358 g/mol. The summed E-state index contributed by atoms with van der Waals surface area (Å²) in [5.41, 5.74) is 5.10. The second-order valence-corrected chi connectivity index (χ2v) is 7.58. The number of aromatic nitrogens is 3. The van der Waals surface area contributed by atoms with Gasteiger partial charge in [0.25, 0.3) is 0 Å². The lowest BCUT2D eigenvalue weighted by Gasteiger charge is -2.31. The monoisotopic (exact) mass is 381 g/mol. The maximum Gasteiger partial charge on any atom is 0.148 e. The highest BCUT2D eigenvalue weighted by Crippen LogP contribution is 2.51. The van der Waals surface area contributed by atoms with Crippen LogP contribution in [-0.4, -0.2) is 14.6 Å². The van der Waals surface area contributed by atoms with Crippen molar-refractivity contribution in [3.63, 3.8) is 0 Å². The van der Waals surface area contributed by atoms with E-state index in [4.69, 9.17) is 22.4 Å². The Morgan fingerprint density at radius 1 is 1.26 bits per heavy atom. The van der Waals surface area contributed by atoms with E-state index in [0.29, 0.717) is 11.6 Å². The lowest BCUT2D eigenvalue weighted by Crippen LogP contribution is -2.31. The van der Waals surface area contributed by atoms with Crippen LogP contribution >= 0.6 is 11.6 Å². The molecule has 0 aliphatic carbocycles. The number of hydrogen-bond acceptors (Lipinski definition) is 4. The number of nitrogen functional groups attached to an aromatic ring is 1. The molecule has 0 amide bonds. The van der Waals surface area contributed by atoms with Crippen molar-refractivity contribution in [1.29, 1.82) is 0 Å². The fourth-order valence-corrected chi connectivity index (χ4v) is 4.56. The van der Waals surface area contributed by atoms with Gasteiger partial charge in [0.15, 0.2) is 0 Å².